The molecular formula is C24H48O12. The summed E-state index contributed by atoms with van der Waals surface area (Å²) in [6, 6.07) is 0. The molecule has 0 aromatic rings. The third-order valence-electron chi connectivity index (χ3n) is 2.78. The largest absolute Gasteiger partial charge is 0.481 e. The Balaban J connectivity index is -0.0000000750. The molecule has 0 aromatic carbocycles. The summed E-state index contributed by atoms with van der Waals surface area (Å²) in [6.07, 6.45) is 6.14. The van der Waals surface area contributed by atoms with E-state index in [-0.39, 0.29) is 0 Å². The predicted molar refractivity (Wildman–Crippen MR) is 135 cm³/mol. The molecule has 0 atom stereocenters. The highest BCUT2D eigenvalue weighted by atomic mass is 16.4. The molecule has 6 N–H and O–H groups in total. The molecule has 0 amide bonds. The Kier molecular flexibility index (Phi) is 53.9. The van der Waals surface area contributed by atoms with Gasteiger partial charge in [-0.05, 0) is 38.5 Å². The lowest BCUT2D eigenvalue weighted by Gasteiger charge is -1.79. The van der Waals surface area contributed by atoms with Gasteiger partial charge in [0.15, 0.2) is 0 Å². The van der Waals surface area contributed by atoms with Gasteiger partial charge >= 0.3 is 35.8 Å². The maximum atomic E-state index is 9.60. The normalized spacial score (nSPS) is 8.17. The van der Waals surface area contributed by atoms with E-state index < -0.39 is 35.8 Å². The third-order valence-corrected chi connectivity index (χ3v) is 2.78. The molecule has 0 spiro atoms. The fraction of sp³-hybridized carbons (Fsp3) is 0.750. The summed E-state index contributed by atoms with van der Waals surface area (Å²) in [5.41, 5.74) is 0. The van der Waals surface area contributed by atoms with Crippen LogP contribution in [0.15, 0.2) is 0 Å². The molecule has 0 unspecified atom stereocenters. The van der Waals surface area contributed by atoms with Crippen LogP contribution in [0.3, 0.4) is 0 Å². The Bertz CT molecular complexity index is 421. The summed E-state index contributed by atoms with van der Waals surface area (Å²) < 4.78 is 0. The van der Waals surface area contributed by atoms with Crippen LogP contribution in [0.2, 0.25) is 0 Å². The van der Waals surface area contributed by atoms with Gasteiger partial charge in [0.25, 0.3) is 0 Å². The maximum Gasteiger partial charge on any atom is 0.303 e. The van der Waals surface area contributed by atoms with E-state index in [0.29, 0.717) is 38.5 Å². The first-order valence-corrected chi connectivity index (χ1v) is 11.9. The van der Waals surface area contributed by atoms with Crippen LogP contribution in [0.5, 0.6) is 0 Å². The minimum Gasteiger partial charge on any atom is -0.481 e. The lowest BCUT2D eigenvalue weighted by Crippen LogP contribution is -1.90. The Labute approximate surface area is 214 Å². The van der Waals surface area contributed by atoms with E-state index in [1.54, 1.807) is 0 Å². The fourth-order valence-corrected chi connectivity index (χ4v) is 1.28. The fourth-order valence-electron chi connectivity index (χ4n) is 1.28. The lowest BCUT2D eigenvalue weighted by atomic mass is 10.4. The number of carboxylic acid groups (broad SMARTS) is 6. The van der Waals surface area contributed by atoms with Gasteiger partial charge in [0, 0.05) is 38.5 Å². The third kappa shape index (κ3) is 125. The van der Waals surface area contributed by atoms with E-state index in [0.717, 1.165) is 38.5 Å². The van der Waals surface area contributed by atoms with Gasteiger partial charge in [0.05, 0.1) is 0 Å². The number of hydrogen-bond acceptors (Lipinski definition) is 6. The molecule has 0 bridgehead atoms. The van der Waals surface area contributed by atoms with Crippen LogP contribution in [-0.2, 0) is 28.8 Å². The van der Waals surface area contributed by atoms with E-state index in [1.165, 1.54) is 0 Å². The summed E-state index contributed by atoms with van der Waals surface area (Å²) in [6.45, 7) is 11.0. The summed E-state index contributed by atoms with van der Waals surface area (Å²) in [5.74, 6) is -4.26. The molecule has 0 aliphatic carbocycles. The average Bonchev–Trinajstić information content (AvgIpc) is 2.69. The highest BCUT2D eigenvalue weighted by Gasteiger charge is 1.90. The second-order valence-electron chi connectivity index (χ2n) is 6.86. The number of carboxylic acids is 6. The van der Waals surface area contributed by atoms with Crippen molar-refractivity contribution in [2.45, 2.75) is 119 Å². The number of rotatable bonds is 12. The molecule has 0 aliphatic rings. The van der Waals surface area contributed by atoms with Gasteiger partial charge in [-0.3, -0.25) is 28.8 Å². The Morgan fingerprint density at radius 1 is 0.306 bits per heavy atom. The molecule has 0 rings (SSSR count). The van der Waals surface area contributed by atoms with Gasteiger partial charge in [-0.2, -0.15) is 0 Å². The van der Waals surface area contributed by atoms with Crippen molar-refractivity contribution in [1.82, 2.24) is 0 Å². The molecular weight excluding hydrogens is 480 g/mol. The Hall–Kier alpha value is -3.18. The molecule has 0 aromatic heterocycles. The molecule has 12 nitrogen and oxygen atoms in total. The minimum atomic E-state index is -0.711. The van der Waals surface area contributed by atoms with Crippen molar-refractivity contribution in [2.24, 2.45) is 0 Å². The van der Waals surface area contributed by atoms with Crippen molar-refractivity contribution in [3.05, 3.63) is 0 Å². The van der Waals surface area contributed by atoms with Gasteiger partial charge in [-0.15, -0.1) is 0 Å². The second kappa shape index (κ2) is 42.0. The molecule has 0 saturated heterocycles. The maximum absolute atomic E-state index is 9.60. The molecule has 0 aliphatic heterocycles. The van der Waals surface area contributed by atoms with Crippen LogP contribution in [0, 0.1) is 0 Å². The van der Waals surface area contributed by atoms with Gasteiger partial charge in [-0.1, -0.05) is 41.5 Å². The van der Waals surface area contributed by atoms with Gasteiger partial charge in [0.2, 0.25) is 0 Å². The summed E-state index contributed by atoms with van der Waals surface area (Å²) in [7, 11) is 0. The highest BCUT2D eigenvalue weighted by molar-refractivity contribution is 5.67. The average molecular weight is 529 g/mol. The van der Waals surface area contributed by atoms with Crippen molar-refractivity contribution >= 4 is 35.8 Å². The molecule has 0 radical (unpaired) electrons. The number of aliphatic carboxylic acids is 6. The van der Waals surface area contributed by atoms with Crippen molar-refractivity contribution in [3.8, 4) is 0 Å². The highest BCUT2D eigenvalue weighted by Crippen LogP contribution is 1.84. The first-order chi connectivity index (χ1) is 16.6. The zero-order valence-electron chi connectivity index (χ0n) is 22.6. The summed E-state index contributed by atoms with van der Waals surface area (Å²) >= 11 is 0. The minimum absolute atomic E-state index is 0.292. The predicted octanol–water partition coefficient (Wildman–Crippen LogP) is 5.23. The molecule has 12 heteroatoms. The van der Waals surface area contributed by atoms with Crippen molar-refractivity contribution in [1.29, 1.82) is 0 Å². The zero-order valence-corrected chi connectivity index (χ0v) is 22.6. The quantitative estimate of drug-likeness (QED) is 0.191. The van der Waals surface area contributed by atoms with Crippen LogP contribution in [-0.4, -0.2) is 66.5 Å². The Morgan fingerprint density at radius 3 is 0.389 bits per heavy atom. The summed E-state index contributed by atoms with van der Waals surface area (Å²) in [5, 5.41) is 47.5. The van der Waals surface area contributed by atoms with E-state index >= 15 is 0 Å². The van der Waals surface area contributed by atoms with Crippen LogP contribution in [0.4, 0.5) is 0 Å². The first-order valence-electron chi connectivity index (χ1n) is 11.9. The SMILES string of the molecule is CCCC(=O)O.CCCC(=O)O.CCCC(=O)O.CCCC(=O)O.CCCC(=O)O.CCCC(=O)O. The van der Waals surface area contributed by atoms with Gasteiger partial charge in [-0.25, -0.2) is 0 Å². The van der Waals surface area contributed by atoms with E-state index in [1.807, 2.05) is 41.5 Å². The van der Waals surface area contributed by atoms with Gasteiger partial charge < -0.3 is 30.6 Å². The molecule has 0 heterocycles. The lowest BCUT2D eigenvalue weighted by molar-refractivity contribution is -0.138. The van der Waals surface area contributed by atoms with Gasteiger partial charge in [0.1, 0.15) is 0 Å². The van der Waals surface area contributed by atoms with Crippen LogP contribution >= 0.6 is 0 Å². The summed E-state index contributed by atoms with van der Waals surface area (Å²) in [4.78, 5) is 57.6. The molecule has 0 saturated carbocycles. The van der Waals surface area contributed by atoms with E-state index in [9.17, 15) is 28.8 Å². The monoisotopic (exact) mass is 528 g/mol. The molecule has 36 heavy (non-hydrogen) atoms. The first kappa shape index (κ1) is 46.2. The molecule has 216 valence electrons. The van der Waals surface area contributed by atoms with Crippen LogP contribution in [0.25, 0.3) is 0 Å². The van der Waals surface area contributed by atoms with Crippen LogP contribution < -0.4 is 0 Å². The zero-order chi connectivity index (χ0) is 29.9. The number of hydrogen-bond donors (Lipinski definition) is 6. The topological polar surface area (TPSA) is 224 Å². The second-order valence-corrected chi connectivity index (χ2v) is 6.86. The smallest absolute Gasteiger partial charge is 0.303 e. The van der Waals surface area contributed by atoms with Crippen molar-refractivity contribution in [3.63, 3.8) is 0 Å². The van der Waals surface area contributed by atoms with E-state index in [2.05, 4.69) is 0 Å². The molecule has 0 fully saturated rings. The van der Waals surface area contributed by atoms with Crippen molar-refractivity contribution in [2.75, 3.05) is 0 Å². The van der Waals surface area contributed by atoms with Crippen molar-refractivity contribution < 1.29 is 59.4 Å². The Morgan fingerprint density at radius 2 is 0.389 bits per heavy atom. The van der Waals surface area contributed by atoms with E-state index in [4.69, 9.17) is 30.6 Å². The standard InChI is InChI=1S/6C4H8O2/c6*1-2-3-4(5)6/h6*2-3H2,1H3,(H,5,6). The number of carbonyl (C=O) groups is 6. The van der Waals surface area contributed by atoms with Crippen LogP contribution in [0.1, 0.15) is 119 Å².